The number of nitrogens with one attached hydrogen (secondary N) is 1. The summed E-state index contributed by atoms with van der Waals surface area (Å²) >= 11 is 1.29. The average Bonchev–Trinajstić information content (AvgIpc) is 2.99. The SMILES string of the molecule is Cc1ccccc1SNc1nc(OCc2ccn(C)n2)ncc1F. The first-order valence-electron chi connectivity index (χ1n) is 7.24. The van der Waals surface area contributed by atoms with Crippen LogP contribution in [0, 0.1) is 12.7 Å². The Labute approximate surface area is 143 Å². The van der Waals surface area contributed by atoms with Gasteiger partial charge in [0.15, 0.2) is 11.6 Å². The average molecular weight is 345 g/mol. The van der Waals surface area contributed by atoms with E-state index in [2.05, 4.69) is 19.8 Å². The van der Waals surface area contributed by atoms with Gasteiger partial charge >= 0.3 is 6.01 Å². The number of halogens is 1. The molecule has 0 aliphatic carbocycles. The summed E-state index contributed by atoms with van der Waals surface area (Å²) in [6.45, 7) is 2.21. The van der Waals surface area contributed by atoms with Crippen LogP contribution in [-0.2, 0) is 13.7 Å². The normalized spacial score (nSPS) is 10.6. The summed E-state index contributed by atoms with van der Waals surface area (Å²) in [6.07, 6.45) is 2.90. The van der Waals surface area contributed by atoms with Crippen molar-refractivity contribution in [1.82, 2.24) is 19.7 Å². The highest BCUT2D eigenvalue weighted by atomic mass is 32.2. The largest absolute Gasteiger partial charge is 0.457 e. The van der Waals surface area contributed by atoms with Crippen molar-refractivity contribution < 1.29 is 9.13 Å². The molecule has 0 radical (unpaired) electrons. The molecule has 2 aromatic heterocycles. The van der Waals surface area contributed by atoms with E-state index in [0.717, 1.165) is 22.3 Å². The molecule has 0 saturated carbocycles. The number of aromatic nitrogens is 4. The molecule has 0 aliphatic heterocycles. The van der Waals surface area contributed by atoms with E-state index < -0.39 is 5.82 Å². The van der Waals surface area contributed by atoms with E-state index in [4.69, 9.17) is 4.74 Å². The summed E-state index contributed by atoms with van der Waals surface area (Å²) in [5.74, 6) is -0.462. The summed E-state index contributed by atoms with van der Waals surface area (Å²) < 4.78 is 23.9. The van der Waals surface area contributed by atoms with Gasteiger partial charge in [-0.25, -0.2) is 9.37 Å². The molecule has 1 aromatic carbocycles. The van der Waals surface area contributed by atoms with Crippen LogP contribution in [0.1, 0.15) is 11.3 Å². The van der Waals surface area contributed by atoms with E-state index in [-0.39, 0.29) is 18.4 Å². The minimum absolute atomic E-state index is 0.0780. The van der Waals surface area contributed by atoms with E-state index in [1.54, 1.807) is 4.68 Å². The first-order chi connectivity index (χ1) is 11.6. The molecule has 0 saturated heterocycles. The molecular formula is C16H16FN5OS. The molecule has 0 bridgehead atoms. The Bertz CT molecular complexity index is 839. The summed E-state index contributed by atoms with van der Waals surface area (Å²) in [5.41, 5.74) is 1.84. The Balaban J connectivity index is 1.66. The highest BCUT2D eigenvalue weighted by Gasteiger charge is 2.09. The lowest BCUT2D eigenvalue weighted by atomic mass is 10.2. The van der Waals surface area contributed by atoms with Gasteiger partial charge in [-0.05, 0) is 36.6 Å². The van der Waals surface area contributed by atoms with Crippen LogP contribution < -0.4 is 9.46 Å². The van der Waals surface area contributed by atoms with Crippen LogP contribution in [0.5, 0.6) is 6.01 Å². The molecule has 3 aromatic rings. The van der Waals surface area contributed by atoms with Gasteiger partial charge < -0.3 is 9.46 Å². The number of rotatable bonds is 6. The predicted molar refractivity (Wildman–Crippen MR) is 90.2 cm³/mol. The summed E-state index contributed by atoms with van der Waals surface area (Å²) in [7, 11) is 1.82. The molecule has 0 atom stereocenters. The van der Waals surface area contributed by atoms with Crippen molar-refractivity contribution in [3.63, 3.8) is 0 Å². The first kappa shape index (κ1) is 16.3. The van der Waals surface area contributed by atoms with Crippen LogP contribution >= 0.6 is 11.9 Å². The third-order valence-corrected chi connectivity index (χ3v) is 4.16. The van der Waals surface area contributed by atoms with Gasteiger partial charge in [0.05, 0.1) is 11.9 Å². The number of hydrogen-bond donors (Lipinski definition) is 1. The Kier molecular flexibility index (Phi) is 4.95. The molecule has 1 N–H and O–H groups in total. The number of ether oxygens (including phenoxy) is 1. The van der Waals surface area contributed by atoms with Crippen molar-refractivity contribution in [2.24, 2.45) is 7.05 Å². The summed E-state index contributed by atoms with van der Waals surface area (Å²) in [6, 6.07) is 9.74. The molecular weight excluding hydrogens is 329 g/mol. The lowest BCUT2D eigenvalue weighted by Crippen LogP contribution is -2.04. The minimum Gasteiger partial charge on any atom is -0.457 e. The quantitative estimate of drug-likeness (QED) is 0.691. The maximum absolute atomic E-state index is 13.9. The van der Waals surface area contributed by atoms with Gasteiger partial charge in [0.1, 0.15) is 6.61 Å². The fourth-order valence-electron chi connectivity index (χ4n) is 1.94. The smallest absolute Gasteiger partial charge is 0.318 e. The topological polar surface area (TPSA) is 64.9 Å². The van der Waals surface area contributed by atoms with Crippen LogP contribution in [0.2, 0.25) is 0 Å². The zero-order chi connectivity index (χ0) is 16.9. The molecule has 8 heteroatoms. The van der Waals surface area contributed by atoms with E-state index in [1.807, 2.05) is 50.5 Å². The Morgan fingerprint density at radius 3 is 2.88 bits per heavy atom. The summed E-state index contributed by atoms with van der Waals surface area (Å²) in [4.78, 5) is 8.90. The number of hydrogen-bond acceptors (Lipinski definition) is 6. The zero-order valence-corrected chi connectivity index (χ0v) is 14.0. The van der Waals surface area contributed by atoms with Crippen LogP contribution in [-0.4, -0.2) is 19.7 Å². The second-order valence-corrected chi connectivity index (χ2v) is 5.94. The maximum Gasteiger partial charge on any atom is 0.318 e. The molecule has 2 heterocycles. The van der Waals surface area contributed by atoms with Crippen LogP contribution in [0.4, 0.5) is 10.2 Å². The second kappa shape index (κ2) is 7.31. The van der Waals surface area contributed by atoms with Gasteiger partial charge in [-0.2, -0.15) is 10.1 Å². The van der Waals surface area contributed by atoms with E-state index in [0.29, 0.717) is 0 Å². The summed E-state index contributed by atoms with van der Waals surface area (Å²) in [5, 5.41) is 4.19. The van der Waals surface area contributed by atoms with Gasteiger partial charge in [0.25, 0.3) is 0 Å². The second-order valence-electron chi connectivity index (χ2n) is 5.09. The number of anilines is 1. The van der Waals surface area contributed by atoms with Gasteiger partial charge in [-0.3, -0.25) is 4.68 Å². The molecule has 0 unspecified atom stereocenters. The fraction of sp³-hybridized carbons (Fsp3) is 0.188. The van der Waals surface area contributed by atoms with Crippen molar-refractivity contribution in [2.75, 3.05) is 4.72 Å². The van der Waals surface area contributed by atoms with Crippen LogP contribution in [0.3, 0.4) is 0 Å². The third-order valence-electron chi connectivity index (χ3n) is 3.19. The third kappa shape index (κ3) is 4.02. The Hall–Kier alpha value is -2.61. The molecule has 0 amide bonds. The van der Waals surface area contributed by atoms with Gasteiger partial charge in [-0.15, -0.1) is 0 Å². The molecule has 124 valence electrons. The van der Waals surface area contributed by atoms with Crippen molar-refractivity contribution in [3.8, 4) is 6.01 Å². The fourth-order valence-corrected chi connectivity index (χ4v) is 2.67. The van der Waals surface area contributed by atoms with Crippen molar-refractivity contribution in [1.29, 1.82) is 0 Å². The van der Waals surface area contributed by atoms with Crippen LogP contribution in [0.15, 0.2) is 47.6 Å². The number of aryl methyl sites for hydroxylation is 2. The molecule has 0 spiro atoms. The van der Waals surface area contributed by atoms with E-state index in [9.17, 15) is 4.39 Å². The lowest BCUT2D eigenvalue weighted by molar-refractivity contribution is 0.274. The monoisotopic (exact) mass is 345 g/mol. The van der Waals surface area contributed by atoms with Crippen LogP contribution in [0.25, 0.3) is 0 Å². The van der Waals surface area contributed by atoms with Crippen molar-refractivity contribution in [2.45, 2.75) is 18.4 Å². The van der Waals surface area contributed by atoms with Gasteiger partial charge in [0, 0.05) is 18.1 Å². The van der Waals surface area contributed by atoms with E-state index >= 15 is 0 Å². The standard InChI is InChI=1S/C16H16FN5OS/c1-11-5-3-4-6-14(11)24-21-15-13(17)9-18-16(19-15)23-10-12-7-8-22(2)20-12/h3-9H,10H2,1-2H3,(H,18,19,21). The minimum atomic E-state index is -0.540. The zero-order valence-electron chi connectivity index (χ0n) is 13.2. The molecule has 6 nitrogen and oxygen atoms in total. The lowest BCUT2D eigenvalue weighted by Gasteiger charge is -2.09. The molecule has 24 heavy (non-hydrogen) atoms. The molecule has 0 aliphatic rings. The number of benzene rings is 1. The highest BCUT2D eigenvalue weighted by Crippen LogP contribution is 2.25. The van der Waals surface area contributed by atoms with Gasteiger partial charge in [0.2, 0.25) is 0 Å². The molecule has 0 fully saturated rings. The van der Waals surface area contributed by atoms with Gasteiger partial charge in [-0.1, -0.05) is 18.2 Å². The number of nitrogens with zero attached hydrogens (tertiary/aromatic N) is 4. The highest BCUT2D eigenvalue weighted by molar-refractivity contribution is 8.00. The van der Waals surface area contributed by atoms with Crippen molar-refractivity contribution in [3.05, 3.63) is 59.8 Å². The van der Waals surface area contributed by atoms with E-state index in [1.165, 1.54) is 11.9 Å². The predicted octanol–water partition coefficient (Wildman–Crippen LogP) is 3.36. The molecule has 3 rings (SSSR count). The Morgan fingerprint density at radius 1 is 1.29 bits per heavy atom. The van der Waals surface area contributed by atoms with Crippen molar-refractivity contribution >= 4 is 17.8 Å². The maximum atomic E-state index is 13.9. The first-order valence-corrected chi connectivity index (χ1v) is 8.06. The Morgan fingerprint density at radius 2 is 2.12 bits per heavy atom.